The highest BCUT2D eigenvalue weighted by atomic mass is 16.3. The van der Waals surface area contributed by atoms with E-state index in [0.717, 1.165) is 6.42 Å². The van der Waals surface area contributed by atoms with E-state index in [9.17, 15) is 0 Å². The molecule has 0 aromatic carbocycles. The van der Waals surface area contributed by atoms with Gasteiger partial charge in [-0.3, -0.25) is 0 Å². The van der Waals surface area contributed by atoms with Crippen LogP contribution in [0.1, 0.15) is 58.8 Å². The van der Waals surface area contributed by atoms with Gasteiger partial charge in [-0.2, -0.15) is 0 Å². The highest BCUT2D eigenvalue weighted by Gasteiger charge is 2.14. The van der Waals surface area contributed by atoms with Crippen molar-refractivity contribution in [3.63, 3.8) is 0 Å². The van der Waals surface area contributed by atoms with Gasteiger partial charge in [0.2, 0.25) is 0 Å². The number of hydrogen-bond donors (Lipinski definition) is 2. The van der Waals surface area contributed by atoms with Crippen LogP contribution < -0.4 is 0 Å². The van der Waals surface area contributed by atoms with Crippen molar-refractivity contribution in [2.75, 3.05) is 13.2 Å². The largest absolute Gasteiger partial charge is 0.396 e. The molecule has 0 atom stereocenters. The van der Waals surface area contributed by atoms with Crippen molar-refractivity contribution in [1.29, 1.82) is 0 Å². The maximum Gasteiger partial charge on any atom is 0.0481 e. The van der Waals surface area contributed by atoms with E-state index in [4.69, 9.17) is 10.2 Å². The SMILES string of the molecule is CCCCC(CCCC)CC(CO)CO. The molecule has 0 unspecified atom stereocenters. The highest BCUT2D eigenvalue weighted by Crippen LogP contribution is 2.23. The molecular weight excluding hydrogens is 188 g/mol. The Hall–Kier alpha value is -0.0800. The van der Waals surface area contributed by atoms with Crippen molar-refractivity contribution in [1.82, 2.24) is 0 Å². The average molecular weight is 216 g/mol. The van der Waals surface area contributed by atoms with E-state index in [1.54, 1.807) is 0 Å². The Morgan fingerprint density at radius 3 is 1.60 bits per heavy atom. The summed E-state index contributed by atoms with van der Waals surface area (Å²) in [5, 5.41) is 18.1. The van der Waals surface area contributed by atoms with Gasteiger partial charge >= 0.3 is 0 Å². The van der Waals surface area contributed by atoms with Crippen molar-refractivity contribution in [3.05, 3.63) is 0 Å². The maximum atomic E-state index is 9.07. The minimum atomic E-state index is 0.101. The average Bonchev–Trinajstić information content (AvgIpc) is 2.28. The normalized spacial score (nSPS) is 11.6. The van der Waals surface area contributed by atoms with Gasteiger partial charge in [-0.25, -0.2) is 0 Å². The van der Waals surface area contributed by atoms with Crippen LogP contribution in [-0.4, -0.2) is 23.4 Å². The third kappa shape index (κ3) is 7.80. The third-order valence-corrected chi connectivity index (χ3v) is 3.11. The lowest BCUT2D eigenvalue weighted by atomic mass is 9.87. The predicted octanol–water partition coefficient (Wildman–Crippen LogP) is 2.97. The van der Waals surface area contributed by atoms with Crippen molar-refractivity contribution in [3.8, 4) is 0 Å². The smallest absolute Gasteiger partial charge is 0.0481 e. The van der Waals surface area contributed by atoms with E-state index in [0.29, 0.717) is 5.92 Å². The molecule has 92 valence electrons. The van der Waals surface area contributed by atoms with Gasteiger partial charge in [-0.05, 0) is 12.3 Å². The summed E-state index contributed by atoms with van der Waals surface area (Å²) in [4.78, 5) is 0. The Labute approximate surface area is 94.7 Å². The molecule has 0 aliphatic rings. The Morgan fingerprint density at radius 1 is 0.800 bits per heavy atom. The summed E-state index contributed by atoms with van der Waals surface area (Å²) in [5.41, 5.74) is 0. The van der Waals surface area contributed by atoms with Crippen molar-refractivity contribution in [2.45, 2.75) is 58.8 Å². The van der Waals surface area contributed by atoms with Crippen molar-refractivity contribution in [2.24, 2.45) is 11.8 Å². The second kappa shape index (κ2) is 10.4. The van der Waals surface area contributed by atoms with Gasteiger partial charge in [0.15, 0.2) is 0 Å². The number of hydrogen-bond acceptors (Lipinski definition) is 2. The standard InChI is InChI=1S/C13H28O2/c1-3-5-7-12(8-6-4-2)9-13(10-14)11-15/h12-15H,3-11H2,1-2H3. The van der Waals surface area contributed by atoms with E-state index in [2.05, 4.69) is 13.8 Å². The van der Waals surface area contributed by atoms with Crippen molar-refractivity contribution < 1.29 is 10.2 Å². The second-order valence-electron chi connectivity index (χ2n) is 4.62. The Morgan fingerprint density at radius 2 is 1.27 bits per heavy atom. The lowest BCUT2D eigenvalue weighted by molar-refractivity contribution is 0.125. The summed E-state index contributed by atoms with van der Waals surface area (Å²) in [6.45, 7) is 4.69. The van der Waals surface area contributed by atoms with E-state index in [-0.39, 0.29) is 19.1 Å². The van der Waals surface area contributed by atoms with Gasteiger partial charge < -0.3 is 10.2 Å². The van der Waals surface area contributed by atoms with Crippen LogP contribution in [0.4, 0.5) is 0 Å². The summed E-state index contributed by atoms with van der Waals surface area (Å²) in [7, 11) is 0. The van der Waals surface area contributed by atoms with Crippen molar-refractivity contribution >= 4 is 0 Å². The zero-order chi connectivity index (χ0) is 11.5. The molecule has 2 N–H and O–H groups in total. The van der Waals surface area contributed by atoms with Gasteiger partial charge in [-0.15, -0.1) is 0 Å². The topological polar surface area (TPSA) is 40.5 Å². The maximum absolute atomic E-state index is 9.07. The van der Waals surface area contributed by atoms with Crippen LogP contribution in [0, 0.1) is 11.8 Å². The molecule has 0 rings (SSSR count). The molecule has 0 spiro atoms. The molecule has 2 nitrogen and oxygen atoms in total. The summed E-state index contributed by atoms with van der Waals surface area (Å²) < 4.78 is 0. The van der Waals surface area contributed by atoms with Gasteiger partial charge in [0.25, 0.3) is 0 Å². The predicted molar refractivity (Wildman–Crippen MR) is 64.8 cm³/mol. The van der Waals surface area contributed by atoms with Crippen LogP contribution in [0.5, 0.6) is 0 Å². The molecule has 0 amide bonds. The molecule has 0 aromatic heterocycles. The Bertz CT molecular complexity index is 114. The van der Waals surface area contributed by atoms with Gasteiger partial charge in [0.1, 0.15) is 0 Å². The summed E-state index contributed by atoms with van der Waals surface area (Å²) in [6, 6.07) is 0. The molecule has 0 radical (unpaired) electrons. The molecule has 0 heterocycles. The summed E-state index contributed by atoms with van der Waals surface area (Å²) in [5.74, 6) is 0.804. The van der Waals surface area contributed by atoms with E-state index >= 15 is 0 Å². The molecule has 0 fully saturated rings. The lowest BCUT2D eigenvalue weighted by Crippen LogP contribution is -2.16. The molecule has 0 aliphatic carbocycles. The molecule has 0 aliphatic heterocycles. The number of unbranched alkanes of at least 4 members (excludes halogenated alkanes) is 2. The quantitative estimate of drug-likeness (QED) is 0.589. The second-order valence-corrected chi connectivity index (χ2v) is 4.62. The zero-order valence-electron chi connectivity index (χ0n) is 10.4. The molecule has 0 bridgehead atoms. The molecular formula is C13H28O2. The minimum absolute atomic E-state index is 0.101. The lowest BCUT2D eigenvalue weighted by Gasteiger charge is -2.20. The van der Waals surface area contributed by atoms with Gasteiger partial charge in [0.05, 0.1) is 0 Å². The number of rotatable bonds is 10. The first kappa shape index (κ1) is 14.9. The first-order valence-electron chi connectivity index (χ1n) is 6.50. The highest BCUT2D eigenvalue weighted by molar-refractivity contribution is 4.66. The van der Waals surface area contributed by atoms with Crippen LogP contribution in [0.3, 0.4) is 0 Å². The Balaban J connectivity index is 3.86. The fourth-order valence-electron chi connectivity index (χ4n) is 2.04. The molecule has 2 heteroatoms. The third-order valence-electron chi connectivity index (χ3n) is 3.11. The molecule has 15 heavy (non-hydrogen) atoms. The first-order chi connectivity index (χ1) is 7.28. The zero-order valence-corrected chi connectivity index (χ0v) is 10.4. The Kier molecular flexibility index (Phi) is 10.4. The number of aliphatic hydroxyl groups excluding tert-OH is 2. The molecule has 0 aromatic rings. The van der Waals surface area contributed by atoms with Crippen LogP contribution in [0.25, 0.3) is 0 Å². The molecule has 0 saturated heterocycles. The van der Waals surface area contributed by atoms with Gasteiger partial charge in [-0.1, -0.05) is 52.4 Å². The van der Waals surface area contributed by atoms with Crippen LogP contribution in [0.15, 0.2) is 0 Å². The van der Waals surface area contributed by atoms with E-state index in [1.165, 1.54) is 38.5 Å². The molecule has 0 saturated carbocycles. The fraction of sp³-hybridized carbons (Fsp3) is 1.00. The monoisotopic (exact) mass is 216 g/mol. The van der Waals surface area contributed by atoms with E-state index < -0.39 is 0 Å². The van der Waals surface area contributed by atoms with Crippen LogP contribution >= 0.6 is 0 Å². The van der Waals surface area contributed by atoms with E-state index in [1.807, 2.05) is 0 Å². The summed E-state index contributed by atoms with van der Waals surface area (Å²) >= 11 is 0. The number of aliphatic hydroxyl groups is 2. The van der Waals surface area contributed by atoms with Crippen LogP contribution in [-0.2, 0) is 0 Å². The minimum Gasteiger partial charge on any atom is -0.396 e. The van der Waals surface area contributed by atoms with Gasteiger partial charge in [0, 0.05) is 19.1 Å². The van der Waals surface area contributed by atoms with Crippen LogP contribution in [0.2, 0.25) is 0 Å². The summed E-state index contributed by atoms with van der Waals surface area (Å²) in [6.07, 6.45) is 8.54. The first-order valence-corrected chi connectivity index (χ1v) is 6.50. The fourth-order valence-corrected chi connectivity index (χ4v) is 2.04.